The number of hydrogen-bond donors (Lipinski definition) is 2. The molecule has 1 aliphatic rings. The van der Waals surface area contributed by atoms with Crippen molar-refractivity contribution in [3.8, 4) is 0 Å². The van der Waals surface area contributed by atoms with Crippen LogP contribution in [0.25, 0.3) is 0 Å². The summed E-state index contributed by atoms with van der Waals surface area (Å²) < 4.78 is 5.46. The summed E-state index contributed by atoms with van der Waals surface area (Å²) >= 11 is 1.61. The van der Waals surface area contributed by atoms with E-state index in [1.54, 1.807) is 17.6 Å². The van der Waals surface area contributed by atoms with Crippen LogP contribution < -0.4 is 10.6 Å². The van der Waals surface area contributed by atoms with Gasteiger partial charge in [0.05, 0.1) is 12.2 Å². The van der Waals surface area contributed by atoms with Crippen LogP contribution in [0.15, 0.2) is 40.3 Å². The Labute approximate surface area is 125 Å². The maximum Gasteiger partial charge on any atom is 0.325 e. The fourth-order valence-electron chi connectivity index (χ4n) is 2.27. The highest BCUT2D eigenvalue weighted by molar-refractivity contribution is 7.10. The summed E-state index contributed by atoms with van der Waals surface area (Å²) in [6.45, 7) is 1.28. The molecular weight excluding hydrogens is 290 g/mol. The normalized spacial score (nSPS) is 15.8. The Morgan fingerprint density at radius 3 is 3.00 bits per heavy atom. The lowest BCUT2D eigenvalue weighted by atomic mass is 10.1. The number of urea groups is 2. The van der Waals surface area contributed by atoms with Gasteiger partial charge in [0.2, 0.25) is 0 Å². The topological polar surface area (TPSA) is 74.6 Å². The van der Waals surface area contributed by atoms with Crippen LogP contribution in [0.3, 0.4) is 0 Å². The molecule has 0 unspecified atom stereocenters. The van der Waals surface area contributed by atoms with Crippen molar-refractivity contribution < 1.29 is 14.0 Å². The summed E-state index contributed by atoms with van der Waals surface area (Å²) in [6.07, 6.45) is 1.62. The fraction of sp³-hybridized carbons (Fsp3) is 0.286. The molecule has 0 aromatic carbocycles. The van der Waals surface area contributed by atoms with E-state index in [0.29, 0.717) is 19.6 Å². The van der Waals surface area contributed by atoms with E-state index in [0.717, 1.165) is 10.6 Å². The molecule has 1 saturated heterocycles. The second kappa shape index (κ2) is 6.01. The highest BCUT2D eigenvalue weighted by Gasteiger charge is 2.27. The van der Waals surface area contributed by atoms with Gasteiger partial charge in [0.1, 0.15) is 5.76 Å². The van der Waals surface area contributed by atoms with Crippen molar-refractivity contribution in [1.29, 1.82) is 0 Å². The first-order valence-electron chi connectivity index (χ1n) is 6.65. The quantitative estimate of drug-likeness (QED) is 0.909. The smallest absolute Gasteiger partial charge is 0.325 e. The molecule has 2 aromatic rings. The van der Waals surface area contributed by atoms with Gasteiger partial charge in [-0.3, -0.25) is 0 Å². The van der Waals surface area contributed by atoms with Crippen LogP contribution in [0.5, 0.6) is 0 Å². The number of amides is 4. The third kappa shape index (κ3) is 2.92. The molecule has 2 N–H and O–H groups in total. The zero-order valence-corrected chi connectivity index (χ0v) is 12.1. The molecule has 4 amide bonds. The van der Waals surface area contributed by atoms with Gasteiger partial charge < -0.3 is 15.1 Å². The molecule has 110 valence electrons. The lowest BCUT2D eigenvalue weighted by Gasteiger charge is -2.17. The largest absolute Gasteiger partial charge is 0.469 e. The van der Waals surface area contributed by atoms with Crippen LogP contribution in [0.4, 0.5) is 9.59 Å². The second-order valence-corrected chi connectivity index (χ2v) is 5.63. The number of furan rings is 1. The van der Waals surface area contributed by atoms with Gasteiger partial charge in [0, 0.05) is 24.5 Å². The van der Waals surface area contributed by atoms with Gasteiger partial charge >= 0.3 is 12.1 Å². The maximum atomic E-state index is 12.0. The Balaban J connectivity index is 1.68. The molecule has 6 nitrogen and oxygen atoms in total. The molecule has 3 rings (SSSR count). The molecule has 0 spiro atoms. The molecule has 2 aromatic heterocycles. The summed E-state index contributed by atoms with van der Waals surface area (Å²) in [4.78, 5) is 25.8. The zero-order chi connectivity index (χ0) is 14.7. The highest BCUT2D eigenvalue weighted by Crippen LogP contribution is 2.28. The number of nitrogens with zero attached hydrogens (tertiary/aromatic N) is 1. The zero-order valence-electron chi connectivity index (χ0n) is 11.2. The lowest BCUT2D eigenvalue weighted by molar-refractivity contribution is 0.198. The molecule has 3 heterocycles. The minimum atomic E-state index is -0.377. The molecule has 1 fully saturated rings. The molecule has 1 aliphatic heterocycles. The van der Waals surface area contributed by atoms with Gasteiger partial charge in [-0.1, -0.05) is 6.07 Å². The predicted octanol–water partition coefficient (Wildman–Crippen LogP) is 2.21. The number of hydrogen-bond acceptors (Lipinski definition) is 4. The average molecular weight is 305 g/mol. The Hall–Kier alpha value is -2.28. The Morgan fingerprint density at radius 2 is 2.38 bits per heavy atom. The molecule has 7 heteroatoms. The minimum absolute atomic E-state index is 0.0467. The first-order valence-corrected chi connectivity index (χ1v) is 7.53. The number of thiophene rings is 1. The van der Waals surface area contributed by atoms with Crippen molar-refractivity contribution in [2.75, 3.05) is 19.6 Å². The third-order valence-corrected chi connectivity index (χ3v) is 4.32. The number of imide groups is 1. The van der Waals surface area contributed by atoms with Crippen molar-refractivity contribution in [3.63, 3.8) is 0 Å². The number of carbonyl (C=O) groups excluding carboxylic acids is 2. The summed E-state index contributed by atoms with van der Waals surface area (Å²) in [6, 6.07) is 6.96. The van der Waals surface area contributed by atoms with E-state index in [1.807, 2.05) is 29.6 Å². The fourth-order valence-corrected chi connectivity index (χ4v) is 3.11. The SMILES string of the molecule is O=C1NCCN1C(=O)NC[C@H](c1ccco1)c1cccs1. The summed E-state index contributed by atoms with van der Waals surface area (Å²) in [5.74, 6) is 0.748. The standard InChI is InChI=1S/C14H15N3O3S/c18-13-15-5-6-17(13)14(19)16-9-10(11-3-1-7-20-11)12-4-2-8-21-12/h1-4,7-8,10H,5-6,9H2,(H,15,18)(H,16,19)/t10-/m1/s1. The van der Waals surface area contributed by atoms with Crippen LogP contribution in [0.2, 0.25) is 0 Å². The van der Waals surface area contributed by atoms with Gasteiger partial charge in [-0.2, -0.15) is 0 Å². The number of nitrogens with one attached hydrogen (secondary N) is 2. The van der Waals surface area contributed by atoms with Crippen LogP contribution >= 0.6 is 11.3 Å². The summed E-state index contributed by atoms with van der Waals surface area (Å²) in [5.41, 5.74) is 0. The molecule has 0 radical (unpaired) electrons. The molecule has 1 atom stereocenters. The monoisotopic (exact) mass is 305 g/mol. The van der Waals surface area contributed by atoms with Crippen molar-refractivity contribution in [1.82, 2.24) is 15.5 Å². The van der Waals surface area contributed by atoms with E-state index in [4.69, 9.17) is 4.42 Å². The molecule has 0 saturated carbocycles. The van der Waals surface area contributed by atoms with Crippen LogP contribution in [-0.4, -0.2) is 36.6 Å². The van der Waals surface area contributed by atoms with Crippen LogP contribution in [0.1, 0.15) is 16.6 Å². The first kappa shape index (κ1) is 13.7. The third-order valence-electron chi connectivity index (χ3n) is 3.33. The predicted molar refractivity (Wildman–Crippen MR) is 78.4 cm³/mol. The minimum Gasteiger partial charge on any atom is -0.469 e. The van der Waals surface area contributed by atoms with E-state index in [9.17, 15) is 9.59 Å². The number of carbonyl (C=O) groups is 2. The van der Waals surface area contributed by atoms with E-state index < -0.39 is 0 Å². The lowest BCUT2D eigenvalue weighted by Crippen LogP contribution is -2.43. The van der Waals surface area contributed by atoms with Gasteiger partial charge in [0.15, 0.2) is 0 Å². The van der Waals surface area contributed by atoms with E-state index in [1.165, 1.54) is 4.90 Å². The van der Waals surface area contributed by atoms with Gasteiger partial charge in [-0.05, 0) is 23.6 Å². The Morgan fingerprint density at radius 1 is 1.48 bits per heavy atom. The molecule has 0 bridgehead atoms. The number of rotatable bonds is 4. The highest BCUT2D eigenvalue weighted by atomic mass is 32.1. The van der Waals surface area contributed by atoms with Crippen LogP contribution in [0, 0.1) is 0 Å². The van der Waals surface area contributed by atoms with Crippen molar-refractivity contribution in [2.45, 2.75) is 5.92 Å². The Kier molecular flexibility index (Phi) is 3.92. The van der Waals surface area contributed by atoms with E-state index >= 15 is 0 Å². The van der Waals surface area contributed by atoms with Gasteiger partial charge in [-0.25, -0.2) is 14.5 Å². The van der Waals surface area contributed by atoms with Crippen LogP contribution in [-0.2, 0) is 0 Å². The van der Waals surface area contributed by atoms with E-state index in [2.05, 4.69) is 10.6 Å². The van der Waals surface area contributed by atoms with Crippen molar-refractivity contribution >= 4 is 23.4 Å². The average Bonchev–Trinajstić information content (AvgIpc) is 3.21. The second-order valence-electron chi connectivity index (χ2n) is 4.65. The van der Waals surface area contributed by atoms with Gasteiger partial charge in [-0.15, -0.1) is 11.3 Å². The molecule has 0 aliphatic carbocycles. The summed E-state index contributed by atoms with van der Waals surface area (Å²) in [7, 11) is 0. The summed E-state index contributed by atoms with van der Waals surface area (Å²) in [5, 5.41) is 7.39. The van der Waals surface area contributed by atoms with Gasteiger partial charge in [0.25, 0.3) is 0 Å². The molecule has 21 heavy (non-hydrogen) atoms. The maximum absolute atomic E-state index is 12.0. The first-order chi connectivity index (χ1) is 10.3. The van der Waals surface area contributed by atoms with Crippen molar-refractivity contribution in [2.24, 2.45) is 0 Å². The Bertz CT molecular complexity index is 575. The van der Waals surface area contributed by atoms with Crippen molar-refractivity contribution in [3.05, 3.63) is 46.5 Å². The molecular formula is C14H15N3O3S. The van der Waals surface area contributed by atoms with E-state index in [-0.39, 0.29) is 18.0 Å².